The van der Waals surface area contributed by atoms with E-state index >= 15 is 0 Å². The maximum atomic E-state index is 14.4. The van der Waals surface area contributed by atoms with Crippen LogP contribution in [-0.4, -0.2) is 92.1 Å². The number of nitrogens with zero attached hydrogens (tertiary/aromatic N) is 4. The number of piperidine rings is 1. The standard InChI is InChI=1S/C39H52N4O7SSi/c1-27-20-33(50-41-27)22-32(44)21-31-24-40-39-35(37(31)38(45)30-12-16-48-17-13-30)23-36(43(39)26-49-18-19-52(3,4)5)29-8-6-28(7-9-29)25-42-14-10-34(11-15-42)51(2,46)47/h6-9,20,23-24,30,34H,10-19,21-22,25-26H2,1-5H3. The SMILES string of the molecule is Cc1cc(CC(=O)Cc2cnc3c(cc(-c4ccc(CN5CCC(S(C)(=O)=O)CC5)cc4)n3COCC[Si](C)(C)C)c2C(=O)C2CCOCC2)on1. The number of Topliss-reactive ketones (excluding diaryl/α,β-unsaturated/α-hetero) is 2. The van der Waals surface area contributed by atoms with Crippen LogP contribution in [0.2, 0.25) is 25.7 Å². The van der Waals surface area contributed by atoms with Crippen molar-refractivity contribution in [3.8, 4) is 11.3 Å². The summed E-state index contributed by atoms with van der Waals surface area (Å²) in [6, 6.07) is 13.2. The fraction of sp³-hybridized carbons (Fsp3) is 0.538. The summed E-state index contributed by atoms with van der Waals surface area (Å²) in [7, 11) is -4.34. The average molecular weight is 749 g/mol. The number of carbonyl (C=O) groups is 2. The van der Waals surface area contributed by atoms with E-state index in [2.05, 4.69) is 54.0 Å². The first-order chi connectivity index (χ1) is 24.7. The van der Waals surface area contributed by atoms with Crippen molar-refractivity contribution in [2.24, 2.45) is 5.92 Å². The molecule has 2 aliphatic rings. The average Bonchev–Trinajstić information content (AvgIpc) is 3.68. The number of hydrogen-bond donors (Lipinski definition) is 0. The number of pyridine rings is 1. The topological polar surface area (TPSA) is 134 Å². The highest BCUT2D eigenvalue weighted by molar-refractivity contribution is 7.91. The molecule has 0 spiro atoms. The Morgan fingerprint density at radius 1 is 1.00 bits per heavy atom. The number of ether oxygens (including phenoxy) is 2. The van der Waals surface area contributed by atoms with Gasteiger partial charge in [0, 0.05) is 76.2 Å². The van der Waals surface area contributed by atoms with E-state index in [4.69, 9.17) is 19.0 Å². The molecule has 0 saturated carbocycles. The molecule has 0 N–H and O–H groups in total. The van der Waals surface area contributed by atoms with E-state index in [9.17, 15) is 18.0 Å². The lowest BCUT2D eigenvalue weighted by atomic mass is 9.86. The Labute approximate surface area is 308 Å². The lowest BCUT2D eigenvalue weighted by Crippen LogP contribution is -2.38. The molecule has 280 valence electrons. The number of aromatic nitrogens is 3. The Balaban J connectivity index is 1.34. The molecule has 13 heteroatoms. The van der Waals surface area contributed by atoms with E-state index in [1.807, 2.05) is 17.6 Å². The molecule has 3 aromatic heterocycles. The van der Waals surface area contributed by atoms with Gasteiger partial charge >= 0.3 is 0 Å². The van der Waals surface area contributed by atoms with Crippen molar-refractivity contribution in [2.75, 3.05) is 39.2 Å². The number of ketones is 2. The highest BCUT2D eigenvalue weighted by atomic mass is 32.2. The highest BCUT2D eigenvalue weighted by Gasteiger charge is 2.30. The van der Waals surface area contributed by atoms with Gasteiger partial charge in [-0.3, -0.25) is 14.5 Å². The minimum atomic E-state index is -3.02. The van der Waals surface area contributed by atoms with Gasteiger partial charge in [0.1, 0.15) is 33.8 Å². The van der Waals surface area contributed by atoms with Crippen LogP contribution in [0, 0.1) is 12.8 Å². The van der Waals surface area contributed by atoms with Crippen LogP contribution in [0.15, 0.2) is 47.1 Å². The second kappa shape index (κ2) is 16.3. The molecule has 2 aliphatic heterocycles. The van der Waals surface area contributed by atoms with Crippen LogP contribution in [0.25, 0.3) is 22.3 Å². The number of sulfone groups is 1. The Morgan fingerprint density at radius 3 is 2.35 bits per heavy atom. The molecular formula is C39H52N4O7SSi. The third-order valence-electron chi connectivity index (χ3n) is 10.3. The molecule has 6 rings (SSSR count). The van der Waals surface area contributed by atoms with Crippen LogP contribution in [0.3, 0.4) is 0 Å². The second-order valence-corrected chi connectivity index (χ2v) is 23.7. The first-order valence-corrected chi connectivity index (χ1v) is 24.1. The quantitative estimate of drug-likeness (QED) is 0.0777. The van der Waals surface area contributed by atoms with Crippen LogP contribution in [0.1, 0.15) is 58.6 Å². The molecule has 5 heterocycles. The molecule has 0 unspecified atom stereocenters. The number of hydrogen-bond acceptors (Lipinski definition) is 10. The predicted octanol–water partition coefficient (Wildman–Crippen LogP) is 6.28. The molecule has 0 radical (unpaired) electrons. The van der Waals surface area contributed by atoms with E-state index in [1.54, 1.807) is 12.3 Å². The van der Waals surface area contributed by atoms with Crippen LogP contribution < -0.4 is 0 Å². The van der Waals surface area contributed by atoms with Gasteiger partial charge in [-0.1, -0.05) is 49.1 Å². The molecule has 0 aliphatic carbocycles. The van der Waals surface area contributed by atoms with Gasteiger partial charge in [-0.2, -0.15) is 0 Å². The zero-order valence-electron chi connectivity index (χ0n) is 31.2. The molecule has 11 nitrogen and oxygen atoms in total. The van der Waals surface area contributed by atoms with Crippen LogP contribution >= 0.6 is 0 Å². The predicted molar refractivity (Wildman–Crippen MR) is 204 cm³/mol. The highest BCUT2D eigenvalue weighted by Crippen LogP contribution is 2.34. The Bertz CT molecular complexity index is 1980. The van der Waals surface area contributed by atoms with Gasteiger partial charge in [-0.25, -0.2) is 13.4 Å². The van der Waals surface area contributed by atoms with Crippen molar-refractivity contribution < 1.29 is 32.0 Å². The van der Waals surface area contributed by atoms with Gasteiger partial charge in [0.2, 0.25) is 0 Å². The van der Waals surface area contributed by atoms with Crippen molar-refractivity contribution in [3.05, 3.63) is 70.7 Å². The van der Waals surface area contributed by atoms with Crippen molar-refractivity contribution >= 4 is 40.5 Å². The maximum Gasteiger partial charge on any atom is 0.167 e. The monoisotopic (exact) mass is 748 g/mol. The summed E-state index contributed by atoms with van der Waals surface area (Å²) >= 11 is 0. The maximum absolute atomic E-state index is 14.4. The van der Waals surface area contributed by atoms with Gasteiger partial charge in [0.05, 0.1) is 23.1 Å². The van der Waals surface area contributed by atoms with Crippen LogP contribution in [-0.2, 0) is 50.2 Å². The van der Waals surface area contributed by atoms with Gasteiger partial charge in [-0.15, -0.1) is 0 Å². The minimum Gasteiger partial charge on any atom is -0.381 e. The van der Waals surface area contributed by atoms with Crippen LogP contribution in [0.5, 0.6) is 0 Å². The summed E-state index contributed by atoms with van der Waals surface area (Å²) in [4.78, 5) is 35.0. The van der Waals surface area contributed by atoms with Crippen molar-refractivity contribution in [2.45, 2.75) is 89.7 Å². The number of carbonyl (C=O) groups excluding carboxylic acids is 2. The summed E-state index contributed by atoms with van der Waals surface area (Å²) in [6.45, 7) is 13.0. The summed E-state index contributed by atoms with van der Waals surface area (Å²) in [5.41, 5.74) is 5.53. The van der Waals surface area contributed by atoms with Crippen molar-refractivity contribution in [1.82, 2.24) is 19.6 Å². The van der Waals surface area contributed by atoms with Crippen molar-refractivity contribution in [3.63, 3.8) is 0 Å². The first-order valence-electron chi connectivity index (χ1n) is 18.4. The molecule has 4 aromatic rings. The summed E-state index contributed by atoms with van der Waals surface area (Å²) in [5.74, 6) is 0.238. The second-order valence-electron chi connectivity index (χ2n) is 15.8. The van der Waals surface area contributed by atoms with Crippen LogP contribution in [0.4, 0.5) is 0 Å². The number of rotatable bonds is 15. The lowest BCUT2D eigenvalue weighted by molar-refractivity contribution is -0.118. The molecule has 0 amide bonds. The fourth-order valence-electron chi connectivity index (χ4n) is 7.23. The molecule has 0 atom stereocenters. The Hall–Kier alpha value is -3.49. The number of fused-ring (bicyclic) bond motifs is 1. The van der Waals surface area contributed by atoms with E-state index in [0.717, 1.165) is 47.9 Å². The van der Waals surface area contributed by atoms with E-state index in [-0.39, 0.29) is 42.3 Å². The Morgan fingerprint density at radius 2 is 1.71 bits per heavy atom. The molecule has 52 heavy (non-hydrogen) atoms. The third kappa shape index (κ3) is 9.53. The molecule has 0 bridgehead atoms. The fourth-order valence-corrected chi connectivity index (χ4v) is 9.06. The van der Waals surface area contributed by atoms with E-state index in [0.29, 0.717) is 73.7 Å². The number of benzene rings is 1. The smallest absolute Gasteiger partial charge is 0.167 e. The first kappa shape index (κ1) is 38.2. The van der Waals surface area contributed by atoms with Gasteiger partial charge in [-0.05, 0) is 74.5 Å². The lowest BCUT2D eigenvalue weighted by Gasteiger charge is -2.31. The molecular weight excluding hydrogens is 697 g/mol. The molecule has 2 fully saturated rings. The minimum absolute atomic E-state index is 0.0207. The Kier molecular flexibility index (Phi) is 12.0. The zero-order valence-corrected chi connectivity index (χ0v) is 33.0. The zero-order chi connectivity index (χ0) is 37.0. The van der Waals surface area contributed by atoms with E-state index in [1.165, 1.54) is 6.26 Å². The third-order valence-corrected chi connectivity index (χ3v) is 13.7. The molecule has 1 aromatic carbocycles. The van der Waals surface area contributed by atoms with Gasteiger partial charge < -0.3 is 18.6 Å². The van der Waals surface area contributed by atoms with E-state index < -0.39 is 17.9 Å². The summed E-state index contributed by atoms with van der Waals surface area (Å²) in [5, 5.41) is 4.38. The summed E-state index contributed by atoms with van der Waals surface area (Å²) < 4.78 is 43.3. The largest absolute Gasteiger partial charge is 0.381 e. The van der Waals surface area contributed by atoms with Gasteiger partial charge in [0.25, 0.3) is 0 Å². The normalized spacial score (nSPS) is 16.9. The number of aryl methyl sites for hydroxylation is 1. The molecule has 2 saturated heterocycles. The van der Waals surface area contributed by atoms with Gasteiger partial charge in [0.15, 0.2) is 5.78 Å². The number of likely N-dealkylation sites (tertiary alicyclic amines) is 1. The van der Waals surface area contributed by atoms with Crippen molar-refractivity contribution in [1.29, 1.82) is 0 Å². The summed E-state index contributed by atoms with van der Waals surface area (Å²) in [6.07, 6.45) is 5.75.